The largest absolute Gasteiger partial charge is 0.451 e. The Morgan fingerprint density at radius 3 is 2.74 bits per heavy atom. The van der Waals surface area contributed by atoms with Crippen molar-refractivity contribution in [2.24, 2.45) is 0 Å². The van der Waals surface area contributed by atoms with Crippen LogP contribution in [0.2, 0.25) is 0 Å². The Morgan fingerprint density at radius 2 is 1.96 bits per heavy atom. The smallest absolute Gasteiger partial charge is 0.258 e. The first-order valence-electron chi connectivity index (χ1n) is 8.43. The molecule has 4 rings (SSSR count). The maximum Gasteiger partial charge on any atom is 0.258 e. The van der Waals surface area contributed by atoms with E-state index in [1.165, 1.54) is 0 Å². The summed E-state index contributed by atoms with van der Waals surface area (Å²) in [4.78, 5) is 29.7. The molecule has 8 heteroatoms. The molecule has 1 aliphatic rings. The Hall–Kier alpha value is -3.55. The summed E-state index contributed by atoms with van der Waals surface area (Å²) in [5.74, 6) is 1.91. The number of carbonyl (C=O) groups excluding carboxylic acids is 1. The second-order valence-corrected chi connectivity index (χ2v) is 6.12. The standard InChI is InChI=1S/C19H17N5O3/c1-10-8-13(9-15-16(10)27-12(3)26-15)18(25)24-19-22-11(2)21-17(23-19)14-6-4-5-7-20-14/h4-9,12H,1-3H3,(H,21,22,23,24,25). The molecule has 0 radical (unpaired) electrons. The van der Waals surface area contributed by atoms with Crippen molar-refractivity contribution >= 4 is 11.9 Å². The van der Waals surface area contributed by atoms with Crippen LogP contribution in [0, 0.1) is 13.8 Å². The Morgan fingerprint density at radius 1 is 1.11 bits per heavy atom. The summed E-state index contributed by atoms with van der Waals surface area (Å²) in [5, 5.41) is 2.71. The molecule has 3 heterocycles. The summed E-state index contributed by atoms with van der Waals surface area (Å²) < 4.78 is 11.2. The van der Waals surface area contributed by atoms with Gasteiger partial charge in [-0.3, -0.25) is 15.1 Å². The van der Waals surface area contributed by atoms with Crippen molar-refractivity contribution in [3.63, 3.8) is 0 Å². The first kappa shape index (κ1) is 16.9. The highest BCUT2D eigenvalue weighted by Crippen LogP contribution is 2.38. The van der Waals surface area contributed by atoms with Crippen LogP contribution in [-0.4, -0.2) is 32.1 Å². The first-order chi connectivity index (χ1) is 13.0. The van der Waals surface area contributed by atoms with E-state index in [4.69, 9.17) is 9.47 Å². The molecule has 8 nitrogen and oxygen atoms in total. The highest BCUT2D eigenvalue weighted by atomic mass is 16.7. The number of hydrogen-bond donors (Lipinski definition) is 1. The molecule has 0 saturated heterocycles. The average molecular weight is 363 g/mol. The number of rotatable bonds is 3. The summed E-state index contributed by atoms with van der Waals surface area (Å²) in [7, 11) is 0. The van der Waals surface area contributed by atoms with Gasteiger partial charge in [0.05, 0.1) is 0 Å². The van der Waals surface area contributed by atoms with E-state index >= 15 is 0 Å². The van der Waals surface area contributed by atoms with Crippen molar-refractivity contribution in [3.05, 3.63) is 53.5 Å². The van der Waals surface area contributed by atoms with Crippen LogP contribution in [0.4, 0.5) is 5.95 Å². The van der Waals surface area contributed by atoms with Crippen molar-refractivity contribution in [1.82, 2.24) is 19.9 Å². The van der Waals surface area contributed by atoms with Gasteiger partial charge in [0.25, 0.3) is 5.91 Å². The zero-order chi connectivity index (χ0) is 19.0. The van der Waals surface area contributed by atoms with E-state index in [0.29, 0.717) is 34.4 Å². The Balaban J connectivity index is 1.62. The van der Waals surface area contributed by atoms with Gasteiger partial charge in [-0.1, -0.05) is 6.07 Å². The van der Waals surface area contributed by atoms with E-state index in [-0.39, 0.29) is 18.1 Å². The molecule has 1 N–H and O–H groups in total. The molecule has 1 aliphatic heterocycles. The van der Waals surface area contributed by atoms with Gasteiger partial charge in [-0.05, 0) is 43.7 Å². The van der Waals surface area contributed by atoms with Gasteiger partial charge in [0.1, 0.15) is 11.5 Å². The molecular formula is C19H17N5O3. The fourth-order valence-corrected chi connectivity index (χ4v) is 2.80. The average Bonchev–Trinajstić information content (AvgIpc) is 3.03. The number of nitrogens with one attached hydrogen (secondary N) is 1. The number of fused-ring (bicyclic) bond motifs is 1. The monoisotopic (exact) mass is 363 g/mol. The van der Waals surface area contributed by atoms with Crippen molar-refractivity contribution in [2.45, 2.75) is 27.1 Å². The minimum absolute atomic E-state index is 0.164. The zero-order valence-corrected chi connectivity index (χ0v) is 15.1. The second-order valence-electron chi connectivity index (χ2n) is 6.12. The summed E-state index contributed by atoms with van der Waals surface area (Å²) >= 11 is 0. The molecular weight excluding hydrogens is 346 g/mol. The van der Waals surface area contributed by atoms with Crippen LogP contribution in [0.15, 0.2) is 36.5 Å². The third-order valence-corrected chi connectivity index (χ3v) is 3.95. The molecule has 136 valence electrons. The molecule has 27 heavy (non-hydrogen) atoms. The molecule has 0 saturated carbocycles. The summed E-state index contributed by atoms with van der Waals surface area (Å²) in [6, 6.07) is 8.83. The van der Waals surface area contributed by atoms with Gasteiger partial charge in [-0.2, -0.15) is 9.97 Å². The topological polar surface area (TPSA) is 99.1 Å². The van der Waals surface area contributed by atoms with Crippen molar-refractivity contribution in [1.29, 1.82) is 0 Å². The third kappa shape index (κ3) is 3.41. The summed E-state index contributed by atoms with van der Waals surface area (Å²) in [6.07, 6.45) is 1.28. The lowest BCUT2D eigenvalue weighted by molar-refractivity contribution is 0.0674. The van der Waals surface area contributed by atoms with Crippen molar-refractivity contribution < 1.29 is 14.3 Å². The molecule has 1 amide bonds. The molecule has 1 unspecified atom stereocenters. The molecule has 2 aromatic heterocycles. The molecule has 0 spiro atoms. The van der Waals surface area contributed by atoms with Crippen LogP contribution in [-0.2, 0) is 0 Å². The SMILES string of the molecule is Cc1nc(NC(=O)c2cc(C)c3c(c2)OC(C)O3)nc(-c2ccccn2)n1. The van der Waals surface area contributed by atoms with Gasteiger partial charge in [0, 0.05) is 18.7 Å². The van der Waals surface area contributed by atoms with Crippen LogP contribution in [0.1, 0.15) is 28.7 Å². The van der Waals surface area contributed by atoms with E-state index in [1.807, 2.05) is 19.1 Å². The van der Waals surface area contributed by atoms with Gasteiger partial charge >= 0.3 is 0 Å². The summed E-state index contributed by atoms with van der Waals surface area (Å²) in [6.45, 7) is 5.39. The number of nitrogens with zero attached hydrogens (tertiary/aromatic N) is 4. The van der Waals surface area contributed by atoms with Gasteiger partial charge in [-0.15, -0.1) is 0 Å². The Bertz CT molecular complexity index is 1020. The van der Waals surface area contributed by atoms with E-state index in [2.05, 4.69) is 25.3 Å². The van der Waals surface area contributed by atoms with Gasteiger partial charge in [0.15, 0.2) is 17.3 Å². The highest BCUT2D eigenvalue weighted by molar-refractivity contribution is 6.04. The molecule has 0 aliphatic carbocycles. The second kappa shape index (κ2) is 6.64. The number of aromatic nitrogens is 4. The first-order valence-corrected chi connectivity index (χ1v) is 8.43. The number of hydrogen-bond acceptors (Lipinski definition) is 7. The van der Waals surface area contributed by atoms with E-state index in [9.17, 15) is 4.79 Å². The maximum absolute atomic E-state index is 12.7. The Kier molecular flexibility index (Phi) is 4.15. The number of amides is 1. The zero-order valence-electron chi connectivity index (χ0n) is 15.1. The van der Waals surface area contributed by atoms with Crippen molar-refractivity contribution in [2.75, 3.05) is 5.32 Å². The quantitative estimate of drug-likeness (QED) is 0.764. The number of carbonyl (C=O) groups is 1. The number of benzene rings is 1. The predicted molar refractivity (Wildman–Crippen MR) is 97.6 cm³/mol. The Labute approximate surface area is 155 Å². The fourth-order valence-electron chi connectivity index (χ4n) is 2.80. The predicted octanol–water partition coefficient (Wildman–Crippen LogP) is 2.92. The lowest BCUT2D eigenvalue weighted by atomic mass is 10.1. The molecule has 3 aromatic rings. The normalized spacial score (nSPS) is 14.9. The third-order valence-electron chi connectivity index (χ3n) is 3.95. The number of anilines is 1. The van der Waals surface area contributed by atoms with Crippen LogP contribution in [0.3, 0.4) is 0 Å². The van der Waals surface area contributed by atoms with Crippen LogP contribution < -0.4 is 14.8 Å². The lowest BCUT2D eigenvalue weighted by Gasteiger charge is -2.08. The van der Waals surface area contributed by atoms with Gasteiger partial charge < -0.3 is 9.47 Å². The minimum Gasteiger partial charge on any atom is -0.451 e. The molecule has 1 aromatic carbocycles. The lowest BCUT2D eigenvalue weighted by Crippen LogP contribution is -2.16. The highest BCUT2D eigenvalue weighted by Gasteiger charge is 2.24. The van der Waals surface area contributed by atoms with Crippen LogP contribution in [0.5, 0.6) is 11.5 Å². The van der Waals surface area contributed by atoms with Crippen LogP contribution >= 0.6 is 0 Å². The van der Waals surface area contributed by atoms with E-state index in [1.54, 1.807) is 38.2 Å². The van der Waals surface area contributed by atoms with Crippen molar-refractivity contribution in [3.8, 4) is 23.0 Å². The molecule has 1 atom stereocenters. The number of ether oxygens (including phenoxy) is 2. The molecule has 0 bridgehead atoms. The van der Waals surface area contributed by atoms with E-state index in [0.717, 1.165) is 5.56 Å². The number of pyridine rings is 1. The van der Waals surface area contributed by atoms with Gasteiger partial charge in [-0.25, -0.2) is 4.98 Å². The number of aryl methyl sites for hydroxylation is 2. The minimum atomic E-state index is -0.371. The summed E-state index contributed by atoms with van der Waals surface area (Å²) in [5.41, 5.74) is 1.86. The van der Waals surface area contributed by atoms with E-state index < -0.39 is 0 Å². The molecule has 0 fully saturated rings. The fraction of sp³-hybridized carbons (Fsp3) is 0.211. The van der Waals surface area contributed by atoms with Crippen LogP contribution in [0.25, 0.3) is 11.5 Å². The van der Waals surface area contributed by atoms with Gasteiger partial charge in [0.2, 0.25) is 12.2 Å². The maximum atomic E-state index is 12.7.